The van der Waals surface area contributed by atoms with Crippen LogP contribution in [0.2, 0.25) is 5.02 Å². The highest BCUT2D eigenvalue weighted by Crippen LogP contribution is 2.40. The van der Waals surface area contributed by atoms with Gasteiger partial charge in [-0.05, 0) is 76.3 Å². The molecule has 3 aliphatic heterocycles. The molecule has 0 spiro atoms. The van der Waals surface area contributed by atoms with Gasteiger partial charge in [-0.15, -0.1) is 21.5 Å². The van der Waals surface area contributed by atoms with Crippen molar-refractivity contribution in [2.24, 2.45) is 4.99 Å². The number of piperidine rings is 1. The Labute approximate surface area is 378 Å². The molecule has 5 amide bonds. The second-order valence-corrected chi connectivity index (χ2v) is 17.1. The number of aliphatic hydroxyl groups is 1. The second-order valence-electron chi connectivity index (χ2n) is 15.4. The molecule has 5 heterocycles. The molecule has 4 aromatic rings. The van der Waals surface area contributed by atoms with Crippen LogP contribution in [0.5, 0.6) is 5.75 Å². The summed E-state index contributed by atoms with van der Waals surface area (Å²) in [7, 11) is 0. The summed E-state index contributed by atoms with van der Waals surface area (Å²) >= 11 is 7.88. The largest absolute Gasteiger partial charge is 0.483 e. The van der Waals surface area contributed by atoms with Crippen LogP contribution in [0.1, 0.15) is 92.1 Å². The predicted molar refractivity (Wildman–Crippen MR) is 235 cm³/mol. The minimum Gasteiger partial charge on any atom is -0.483 e. The first kappa shape index (κ1) is 46.4. The Morgan fingerprint density at radius 1 is 0.859 bits per heavy atom. The average molecular weight is 919 g/mol. The fraction of sp³-hybridized carbons (Fsp3) is 0.455. The number of imide groups is 1. The highest BCUT2D eigenvalue weighted by atomic mass is 35.5. The number of aromatic nitrogens is 3. The van der Waals surface area contributed by atoms with Crippen molar-refractivity contribution < 1.29 is 48.0 Å². The molecule has 1 fully saturated rings. The van der Waals surface area contributed by atoms with E-state index < -0.39 is 41.9 Å². The molecule has 3 unspecified atom stereocenters. The summed E-state index contributed by atoms with van der Waals surface area (Å²) in [5.74, 6) is -1.08. The van der Waals surface area contributed by atoms with Crippen LogP contribution in [0.3, 0.4) is 0 Å². The van der Waals surface area contributed by atoms with Crippen LogP contribution in [-0.2, 0) is 28.6 Å². The molecule has 3 aliphatic rings. The van der Waals surface area contributed by atoms with E-state index in [0.29, 0.717) is 76.4 Å². The van der Waals surface area contributed by atoms with Gasteiger partial charge >= 0.3 is 0 Å². The molecule has 4 N–H and O–H groups in total. The SMILES string of the molecule is Cc1sc2c(c1C)C(c1ccc(Cl)cc1)=NC(CC(=O)NCCCOCCOCCOCCCNC(=O)COc1cccc3c1C(=O)N(C1CCC(O)NC1=O)C3=O)c1nnc(C)n1-2. The maximum atomic E-state index is 13.2. The first-order valence-electron chi connectivity index (χ1n) is 21.2. The van der Waals surface area contributed by atoms with Crippen LogP contribution in [0.4, 0.5) is 0 Å². The molecule has 0 aliphatic carbocycles. The molecule has 340 valence electrons. The molecular weight excluding hydrogens is 868 g/mol. The van der Waals surface area contributed by atoms with Crippen molar-refractivity contribution in [3.63, 3.8) is 0 Å². The number of amides is 5. The molecule has 18 nitrogen and oxygen atoms in total. The van der Waals surface area contributed by atoms with Crippen LogP contribution in [0.15, 0.2) is 47.5 Å². The molecule has 0 radical (unpaired) electrons. The number of aliphatic imine (C=N–C) groups is 1. The van der Waals surface area contributed by atoms with Crippen molar-refractivity contribution in [1.82, 2.24) is 35.6 Å². The third-order valence-corrected chi connectivity index (χ3v) is 12.4. The summed E-state index contributed by atoms with van der Waals surface area (Å²) in [6, 6.07) is 10.5. The summed E-state index contributed by atoms with van der Waals surface area (Å²) in [5.41, 5.74) is 3.92. The van der Waals surface area contributed by atoms with Gasteiger partial charge < -0.3 is 40.0 Å². The zero-order valence-corrected chi connectivity index (χ0v) is 37.4. The average Bonchev–Trinajstić information content (AvgIpc) is 3.85. The Morgan fingerprint density at radius 2 is 1.53 bits per heavy atom. The normalized spacial score (nSPS) is 17.9. The molecule has 2 aromatic carbocycles. The quantitative estimate of drug-likeness (QED) is 0.0696. The Balaban J connectivity index is 0.730. The summed E-state index contributed by atoms with van der Waals surface area (Å²) in [6.45, 7) is 8.81. The first-order valence-corrected chi connectivity index (χ1v) is 22.4. The number of rotatable bonds is 21. The molecule has 20 heteroatoms. The zero-order chi connectivity index (χ0) is 45.3. The van der Waals surface area contributed by atoms with Gasteiger partial charge in [-0.1, -0.05) is 29.8 Å². The molecule has 7 rings (SSSR count). The van der Waals surface area contributed by atoms with E-state index in [4.69, 9.17) is 35.5 Å². The Bertz CT molecular complexity index is 2400. The minimum atomic E-state index is -1.04. The molecule has 0 saturated carbocycles. The third-order valence-electron chi connectivity index (χ3n) is 11.0. The lowest BCUT2D eigenvalue weighted by Crippen LogP contribution is -2.55. The molecular formula is C44H51ClN8O10S. The number of fused-ring (bicyclic) bond motifs is 4. The van der Waals surface area contributed by atoms with E-state index in [1.54, 1.807) is 11.3 Å². The molecule has 1 saturated heterocycles. The van der Waals surface area contributed by atoms with E-state index in [9.17, 15) is 29.1 Å². The van der Waals surface area contributed by atoms with Crippen molar-refractivity contribution in [2.45, 2.75) is 71.2 Å². The Hall–Kier alpha value is -5.57. The van der Waals surface area contributed by atoms with Crippen molar-refractivity contribution in [3.05, 3.63) is 91.8 Å². The number of thiophene rings is 1. The van der Waals surface area contributed by atoms with Gasteiger partial charge in [0.15, 0.2) is 12.4 Å². The maximum Gasteiger partial charge on any atom is 0.266 e. The fourth-order valence-electron chi connectivity index (χ4n) is 7.62. The van der Waals surface area contributed by atoms with E-state index in [1.165, 1.54) is 23.1 Å². The van der Waals surface area contributed by atoms with E-state index in [0.717, 1.165) is 38.1 Å². The number of ether oxygens (including phenoxy) is 4. The number of aryl methyl sites for hydroxylation is 2. The summed E-state index contributed by atoms with van der Waals surface area (Å²) in [6.07, 6.45) is 0.573. The van der Waals surface area contributed by atoms with Gasteiger partial charge in [0.1, 0.15) is 34.9 Å². The number of halogens is 1. The number of aliphatic hydroxyl groups excluding tert-OH is 1. The smallest absolute Gasteiger partial charge is 0.266 e. The minimum absolute atomic E-state index is 0.00353. The van der Waals surface area contributed by atoms with Gasteiger partial charge in [0.25, 0.3) is 17.7 Å². The van der Waals surface area contributed by atoms with Gasteiger partial charge in [-0.25, -0.2) is 0 Å². The standard InChI is InChI=1S/C44H51ClN8O10S/c1-25-26(2)64-44-37(25)39(28-9-11-29(45)12-10-28)48-31(40-51-50-27(3)52(40)44)23-35(55)46-15-5-17-60-19-21-62-22-20-61-18-6-16-47-36(56)24-63-33-8-4-7-30-38(33)43(59)53(42(30)58)32-13-14-34(54)49-41(32)57/h4,7-12,31-32,34,54H,5-6,13-24H2,1-3H3,(H,46,55)(H,47,56)(H,49,57). The van der Waals surface area contributed by atoms with Crippen molar-refractivity contribution in [2.75, 3.05) is 59.3 Å². The van der Waals surface area contributed by atoms with Crippen LogP contribution in [0, 0.1) is 20.8 Å². The fourth-order valence-corrected chi connectivity index (χ4v) is 8.96. The van der Waals surface area contributed by atoms with Gasteiger partial charge in [0, 0.05) is 47.3 Å². The number of nitrogens with zero attached hydrogens (tertiary/aromatic N) is 5. The lowest BCUT2D eigenvalue weighted by molar-refractivity contribution is -0.131. The lowest BCUT2D eigenvalue weighted by Gasteiger charge is -2.31. The predicted octanol–water partition coefficient (Wildman–Crippen LogP) is 3.52. The number of hydrogen-bond donors (Lipinski definition) is 4. The summed E-state index contributed by atoms with van der Waals surface area (Å²) in [5, 5.41) is 28.2. The van der Waals surface area contributed by atoms with Crippen LogP contribution < -0.4 is 20.7 Å². The van der Waals surface area contributed by atoms with Crippen molar-refractivity contribution >= 4 is 58.2 Å². The number of carbonyl (C=O) groups is 5. The number of hydrogen-bond acceptors (Lipinski definition) is 14. The van der Waals surface area contributed by atoms with E-state index in [1.807, 2.05) is 35.8 Å². The third kappa shape index (κ3) is 10.7. The van der Waals surface area contributed by atoms with E-state index >= 15 is 0 Å². The maximum absolute atomic E-state index is 13.2. The van der Waals surface area contributed by atoms with Gasteiger partial charge in [-0.3, -0.25) is 38.4 Å². The number of carbonyl (C=O) groups excluding carboxylic acids is 5. The van der Waals surface area contributed by atoms with E-state index in [2.05, 4.69) is 40.0 Å². The monoisotopic (exact) mass is 918 g/mol. The highest BCUT2D eigenvalue weighted by molar-refractivity contribution is 7.15. The summed E-state index contributed by atoms with van der Waals surface area (Å²) < 4.78 is 24.5. The molecule has 64 heavy (non-hydrogen) atoms. The summed E-state index contributed by atoms with van der Waals surface area (Å²) in [4.78, 5) is 71.5. The Kier molecular flexibility index (Phi) is 15.5. The lowest BCUT2D eigenvalue weighted by atomic mass is 9.99. The molecule has 3 atom stereocenters. The molecule has 2 aromatic heterocycles. The Morgan fingerprint density at radius 3 is 2.22 bits per heavy atom. The van der Waals surface area contributed by atoms with Crippen LogP contribution in [0.25, 0.3) is 5.00 Å². The molecule has 0 bridgehead atoms. The van der Waals surface area contributed by atoms with Gasteiger partial charge in [0.05, 0.1) is 49.7 Å². The zero-order valence-electron chi connectivity index (χ0n) is 35.8. The number of benzene rings is 2. The second kappa shape index (κ2) is 21.4. The van der Waals surface area contributed by atoms with Crippen LogP contribution in [-0.4, -0.2) is 132 Å². The van der Waals surface area contributed by atoms with Gasteiger partial charge in [0.2, 0.25) is 11.8 Å². The van der Waals surface area contributed by atoms with Crippen LogP contribution >= 0.6 is 22.9 Å². The topological polar surface area (TPSA) is 225 Å². The van der Waals surface area contributed by atoms with Gasteiger partial charge in [-0.2, -0.15) is 0 Å². The van der Waals surface area contributed by atoms with Crippen molar-refractivity contribution in [1.29, 1.82) is 0 Å². The number of nitrogens with one attached hydrogen (secondary N) is 3. The highest BCUT2D eigenvalue weighted by Gasteiger charge is 2.46. The van der Waals surface area contributed by atoms with E-state index in [-0.39, 0.29) is 48.7 Å². The van der Waals surface area contributed by atoms with Crippen molar-refractivity contribution in [3.8, 4) is 10.8 Å². The first-order chi connectivity index (χ1) is 30.9.